The Hall–Kier alpha value is -2.74. The second-order valence-corrected chi connectivity index (χ2v) is 5.15. The van der Waals surface area contributed by atoms with Gasteiger partial charge in [-0.25, -0.2) is 9.67 Å². The molecule has 0 fully saturated rings. The fraction of sp³-hybridized carbons (Fsp3) is 0.0769. The lowest BCUT2D eigenvalue weighted by atomic mass is 10.3. The SMILES string of the molecule is O=[N+]([O-])c1cc(CNc2ccc(-n3cccn3)nc2)cs1. The lowest BCUT2D eigenvalue weighted by Crippen LogP contribution is -2.01. The Morgan fingerprint density at radius 3 is 2.95 bits per heavy atom. The van der Waals surface area contributed by atoms with Gasteiger partial charge in [0.05, 0.1) is 16.8 Å². The molecule has 0 spiro atoms. The Bertz CT molecular complexity index is 736. The van der Waals surface area contributed by atoms with Crippen LogP contribution in [0.4, 0.5) is 10.7 Å². The van der Waals surface area contributed by atoms with Crippen molar-refractivity contribution in [2.24, 2.45) is 0 Å². The molecule has 1 N–H and O–H groups in total. The van der Waals surface area contributed by atoms with Gasteiger partial charge in [0.1, 0.15) is 0 Å². The van der Waals surface area contributed by atoms with Crippen molar-refractivity contribution in [3.8, 4) is 5.82 Å². The van der Waals surface area contributed by atoms with Crippen LogP contribution < -0.4 is 5.32 Å². The van der Waals surface area contributed by atoms with E-state index in [9.17, 15) is 10.1 Å². The monoisotopic (exact) mass is 301 g/mol. The first-order valence-corrected chi connectivity index (χ1v) is 7.02. The van der Waals surface area contributed by atoms with E-state index in [1.165, 1.54) is 0 Å². The quantitative estimate of drug-likeness (QED) is 0.578. The number of aromatic nitrogens is 3. The fourth-order valence-corrected chi connectivity index (χ4v) is 2.51. The van der Waals surface area contributed by atoms with Crippen LogP contribution in [0.5, 0.6) is 0 Å². The summed E-state index contributed by atoms with van der Waals surface area (Å²) in [6, 6.07) is 7.15. The molecule has 8 heteroatoms. The average Bonchev–Trinajstić information content (AvgIpc) is 3.17. The maximum atomic E-state index is 10.6. The predicted octanol–water partition coefficient (Wildman–Crippen LogP) is 2.85. The molecular weight excluding hydrogens is 290 g/mol. The normalized spacial score (nSPS) is 10.5. The zero-order chi connectivity index (χ0) is 14.7. The molecule has 3 aromatic heterocycles. The Labute approximate surface area is 124 Å². The van der Waals surface area contributed by atoms with E-state index < -0.39 is 0 Å². The van der Waals surface area contributed by atoms with E-state index in [0.717, 1.165) is 28.4 Å². The van der Waals surface area contributed by atoms with Gasteiger partial charge in [0.15, 0.2) is 5.82 Å². The molecule has 0 unspecified atom stereocenters. The highest BCUT2D eigenvalue weighted by Crippen LogP contribution is 2.23. The molecule has 106 valence electrons. The first-order valence-electron chi connectivity index (χ1n) is 6.14. The Morgan fingerprint density at radius 2 is 2.33 bits per heavy atom. The number of nitrogens with zero attached hydrogens (tertiary/aromatic N) is 4. The number of anilines is 1. The topological polar surface area (TPSA) is 85.9 Å². The predicted molar refractivity (Wildman–Crippen MR) is 79.7 cm³/mol. The minimum absolute atomic E-state index is 0.152. The van der Waals surface area contributed by atoms with Gasteiger partial charge in [-0.15, -0.1) is 0 Å². The van der Waals surface area contributed by atoms with Crippen LogP contribution >= 0.6 is 11.3 Å². The van der Waals surface area contributed by atoms with E-state index in [1.807, 2.05) is 24.4 Å². The standard InChI is InChI=1S/C13H11N5O2S/c19-18(20)13-6-10(9-21-13)7-14-11-2-3-12(15-8-11)17-5-1-4-16-17/h1-6,8-9,14H,7H2. The third kappa shape index (κ3) is 3.06. The van der Waals surface area contributed by atoms with Crippen LogP contribution in [0.25, 0.3) is 5.82 Å². The van der Waals surface area contributed by atoms with Gasteiger partial charge in [0.25, 0.3) is 0 Å². The number of nitro groups is 1. The van der Waals surface area contributed by atoms with Crippen LogP contribution in [0.15, 0.2) is 48.2 Å². The zero-order valence-electron chi connectivity index (χ0n) is 10.8. The van der Waals surface area contributed by atoms with Gasteiger partial charge >= 0.3 is 5.00 Å². The van der Waals surface area contributed by atoms with Crippen molar-refractivity contribution in [1.29, 1.82) is 0 Å². The van der Waals surface area contributed by atoms with Crippen molar-refractivity contribution in [1.82, 2.24) is 14.8 Å². The highest BCUT2D eigenvalue weighted by atomic mass is 32.1. The first kappa shape index (κ1) is 13.3. The van der Waals surface area contributed by atoms with Crippen LogP contribution in [-0.4, -0.2) is 19.7 Å². The number of thiophene rings is 1. The molecule has 0 aliphatic rings. The molecule has 0 aliphatic heterocycles. The molecule has 0 saturated heterocycles. The molecule has 7 nitrogen and oxygen atoms in total. The third-order valence-corrected chi connectivity index (χ3v) is 3.73. The summed E-state index contributed by atoms with van der Waals surface area (Å²) in [6.45, 7) is 0.521. The van der Waals surface area contributed by atoms with E-state index in [-0.39, 0.29) is 9.92 Å². The lowest BCUT2D eigenvalue weighted by molar-refractivity contribution is -0.380. The number of rotatable bonds is 5. The second kappa shape index (κ2) is 5.71. The average molecular weight is 301 g/mol. The zero-order valence-corrected chi connectivity index (χ0v) is 11.7. The van der Waals surface area contributed by atoms with Gasteiger partial charge in [-0.1, -0.05) is 11.3 Å². The summed E-state index contributed by atoms with van der Waals surface area (Å²) in [5, 5.41) is 19.8. The van der Waals surface area contributed by atoms with Crippen LogP contribution in [0.1, 0.15) is 5.56 Å². The third-order valence-electron chi connectivity index (χ3n) is 2.80. The lowest BCUT2D eigenvalue weighted by Gasteiger charge is -2.05. The molecule has 0 radical (unpaired) electrons. The molecule has 3 aromatic rings. The molecule has 0 atom stereocenters. The summed E-state index contributed by atoms with van der Waals surface area (Å²) in [6.07, 6.45) is 5.22. The second-order valence-electron chi connectivity index (χ2n) is 4.26. The van der Waals surface area contributed by atoms with Crippen LogP contribution in [0, 0.1) is 10.1 Å². The number of nitrogens with one attached hydrogen (secondary N) is 1. The van der Waals surface area contributed by atoms with Crippen molar-refractivity contribution in [3.05, 3.63) is 63.9 Å². The summed E-state index contributed by atoms with van der Waals surface area (Å²) in [5.41, 5.74) is 1.72. The van der Waals surface area contributed by atoms with Crippen molar-refractivity contribution in [3.63, 3.8) is 0 Å². The van der Waals surface area contributed by atoms with Gasteiger partial charge in [-0.3, -0.25) is 10.1 Å². The van der Waals surface area contributed by atoms with Gasteiger partial charge in [0, 0.05) is 30.4 Å². The largest absolute Gasteiger partial charge is 0.380 e. The van der Waals surface area contributed by atoms with E-state index in [0.29, 0.717) is 6.54 Å². The van der Waals surface area contributed by atoms with Crippen molar-refractivity contribution < 1.29 is 4.92 Å². The van der Waals surface area contributed by atoms with Crippen molar-refractivity contribution in [2.45, 2.75) is 6.54 Å². The van der Waals surface area contributed by atoms with E-state index in [2.05, 4.69) is 15.4 Å². The molecular formula is C13H11N5O2S. The summed E-state index contributed by atoms with van der Waals surface area (Å²) in [5.74, 6) is 0.733. The van der Waals surface area contributed by atoms with E-state index in [4.69, 9.17) is 0 Å². The summed E-state index contributed by atoms with van der Waals surface area (Å²) in [4.78, 5) is 14.5. The minimum atomic E-state index is -0.380. The summed E-state index contributed by atoms with van der Waals surface area (Å²) < 4.78 is 1.67. The molecule has 21 heavy (non-hydrogen) atoms. The Balaban J connectivity index is 1.64. The highest BCUT2D eigenvalue weighted by molar-refractivity contribution is 7.13. The minimum Gasteiger partial charge on any atom is -0.380 e. The molecule has 0 aliphatic carbocycles. The van der Waals surface area contributed by atoms with E-state index in [1.54, 1.807) is 28.5 Å². The molecule has 3 heterocycles. The highest BCUT2D eigenvalue weighted by Gasteiger charge is 2.09. The summed E-state index contributed by atoms with van der Waals surface area (Å²) in [7, 11) is 0. The maximum absolute atomic E-state index is 10.6. The maximum Gasteiger partial charge on any atom is 0.324 e. The smallest absolute Gasteiger partial charge is 0.324 e. The first-order chi connectivity index (χ1) is 10.2. The van der Waals surface area contributed by atoms with Gasteiger partial charge < -0.3 is 5.32 Å². The van der Waals surface area contributed by atoms with Gasteiger partial charge in [0.2, 0.25) is 0 Å². The molecule has 0 aromatic carbocycles. The van der Waals surface area contributed by atoms with Crippen LogP contribution in [-0.2, 0) is 6.54 Å². The van der Waals surface area contributed by atoms with Crippen LogP contribution in [0.2, 0.25) is 0 Å². The number of hydrogen-bond donors (Lipinski definition) is 1. The fourth-order valence-electron chi connectivity index (χ4n) is 1.79. The Kier molecular flexibility index (Phi) is 3.61. The van der Waals surface area contributed by atoms with Crippen LogP contribution in [0.3, 0.4) is 0 Å². The Morgan fingerprint density at radius 1 is 1.43 bits per heavy atom. The van der Waals surface area contributed by atoms with Crippen molar-refractivity contribution >= 4 is 22.0 Å². The molecule has 3 rings (SSSR count). The number of pyridine rings is 1. The van der Waals surface area contributed by atoms with Gasteiger partial charge in [-0.2, -0.15) is 5.10 Å². The molecule has 0 bridgehead atoms. The van der Waals surface area contributed by atoms with Crippen molar-refractivity contribution in [2.75, 3.05) is 5.32 Å². The molecule has 0 saturated carbocycles. The van der Waals surface area contributed by atoms with Gasteiger partial charge in [-0.05, 0) is 23.8 Å². The van der Waals surface area contributed by atoms with E-state index >= 15 is 0 Å². The number of hydrogen-bond acceptors (Lipinski definition) is 6. The summed E-state index contributed by atoms with van der Waals surface area (Å²) >= 11 is 1.13. The molecule has 0 amide bonds.